The van der Waals surface area contributed by atoms with E-state index in [1.54, 1.807) is 18.2 Å². The van der Waals surface area contributed by atoms with Crippen LogP contribution in [0.2, 0.25) is 0 Å². The lowest BCUT2D eigenvalue weighted by molar-refractivity contribution is -0.118. The number of hydrogen-bond acceptors (Lipinski definition) is 4. The number of ether oxygens (including phenoxy) is 1. The molecule has 5 nitrogen and oxygen atoms in total. The highest BCUT2D eigenvalue weighted by Gasteiger charge is 2.05. The van der Waals surface area contributed by atoms with Crippen molar-refractivity contribution in [1.29, 1.82) is 0 Å². The van der Waals surface area contributed by atoms with Crippen LogP contribution in [0.4, 0.5) is 5.69 Å². The Bertz CT molecular complexity index is 390. The fourth-order valence-corrected chi connectivity index (χ4v) is 1.28. The van der Waals surface area contributed by atoms with Crippen molar-refractivity contribution in [2.75, 3.05) is 19.0 Å². The fraction of sp³-hybridized carbons (Fsp3) is 0.273. The summed E-state index contributed by atoms with van der Waals surface area (Å²) in [6, 6.07) is 4.95. The predicted molar refractivity (Wildman–Crippen MR) is 58.5 cm³/mol. The third kappa shape index (κ3) is 3.06. The number of hydrogen-bond donors (Lipinski definition) is 2. The Balaban J connectivity index is 2.90. The van der Waals surface area contributed by atoms with Gasteiger partial charge in [-0.15, -0.1) is 0 Å². The normalized spacial score (nSPS) is 9.62. The molecule has 0 aliphatic rings. The molecule has 0 spiro atoms. The van der Waals surface area contributed by atoms with Crippen LogP contribution < -0.4 is 10.1 Å². The minimum absolute atomic E-state index is 0.261. The average Bonchev–Trinajstić information content (AvgIpc) is 2.31. The summed E-state index contributed by atoms with van der Waals surface area (Å²) in [5, 5.41) is 11.1. The predicted octanol–water partition coefficient (Wildman–Crippen LogP) is 0.367. The van der Waals surface area contributed by atoms with Gasteiger partial charge in [0.15, 0.2) is 0 Å². The van der Waals surface area contributed by atoms with E-state index in [0.29, 0.717) is 11.4 Å². The molecule has 86 valence electrons. The summed E-state index contributed by atoms with van der Waals surface area (Å²) < 4.78 is 5.08. The number of anilines is 1. The van der Waals surface area contributed by atoms with Crippen LogP contribution in [-0.4, -0.2) is 31.0 Å². The van der Waals surface area contributed by atoms with Crippen molar-refractivity contribution >= 4 is 17.9 Å². The summed E-state index contributed by atoms with van der Waals surface area (Å²) in [6.45, 7) is -0.571. The van der Waals surface area contributed by atoms with Crippen molar-refractivity contribution < 1.29 is 19.4 Å². The van der Waals surface area contributed by atoms with Gasteiger partial charge in [-0.25, -0.2) is 0 Å². The molecule has 0 aliphatic carbocycles. The van der Waals surface area contributed by atoms with Crippen LogP contribution in [0, 0.1) is 0 Å². The number of amides is 1. The van der Waals surface area contributed by atoms with E-state index >= 15 is 0 Å². The van der Waals surface area contributed by atoms with E-state index in [-0.39, 0.29) is 6.42 Å². The summed E-state index contributed by atoms with van der Waals surface area (Å²) in [5.41, 5.74) is 1.27. The first kappa shape index (κ1) is 12.2. The number of carbonyl (C=O) groups excluding carboxylic acids is 2. The molecule has 0 radical (unpaired) electrons. The number of methoxy groups -OCH3 is 1. The Morgan fingerprint density at radius 3 is 2.88 bits per heavy atom. The van der Waals surface area contributed by atoms with E-state index < -0.39 is 12.5 Å². The second-order valence-corrected chi connectivity index (χ2v) is 3.10. The molecule has 1 amide bonds. The lowest BCUT2D eigenvalue weighted by Gasteiger charge is -2.09. The van der Waals surface area contributed by atoms with E-state index in [4.69, 9.17) is 9.84 Å². The van der Waals surface area contributed by atoms with Gasteiger partial charge in [0.2, 0.25) is 5.91 Å². The molecule has 16 heavy (non-hydrogen) atoms. The van der Waals surface area contributed by atoms with Crippen LogP contribution in [0.25, 0.3) is 0 Å². The van der Waals surface area contributed by atoms with E-state index in [2.05, 4.69) is 5.32 Å². The molecule has 0 saturated carbocycles. The topological polar surface area (TPSA) is 75.6 Å². The van der Waals surface area contributed by atoms with E-state index in [1.165, 1.54) is 7.11 Å². The lowest BCUT2D eigenvalue weighted by Crippen LogP contribution is -2.15. The summed E-state index contributed by atoms with van der Waals surface area (Å²) in [5.74, 6) is 0.0352. The van der Waals surface area contributed by atoms with Gasteiger partial charge in [-0.05, 0) is 6.07 Å². The van der Waals surface area contributed by atoms with E-state index in [0.717, 1.165) is 11.8 Å². The van der Waals surface area contributed by atoms with Crippen molar-refractivity contribution in [3.8, 4) is 5.75 Å². The molecular weight excluding hydrogens is 210 g/mol. The highest BCUT2D eigenvalue weighted by molar-refractivity contribution is 5.91. The highest BCUT2D eigenvalue weighted by atomic mass is 16.5. The molecular formula is C11H13NO4. The quantitative estimate of drug-likeness (QED) is 0.707. The molecule has 0 saturated heterocycles. The molecule has 0 atom stereocenters. The van der Waals surface area contributed by atoms with Crippen molar-refractivity contribution in [2.45, 2.75) is 6.42 Å². The van der Waals surface area contributed by atoms with Crippen molar-refractivity contribution in [2.24, 2.45) is 0 Å². The van der Waals surface area contributed by atoms with Crippen LogP contribution in [0.15, 0.2) is 18.2 Å². The SMILES string of the molecule is COc1cc(NC(=O)CO)ccc1CC=O. The van der Waals surface area contributed by atoms with Crippen LogP contribution >= 0.6 is 0 Å². The number of aliphatic hydroxyl groups excluding tert-OH is 1. The number of aldehydes is 1. The third-order valence-electron chi connectivity index (χ3n) is 2.02. The van der Waals surface area contributed by atoms with Gasteiger partial charge in [0.1, 0.15) is 18.6 Å². The molecule has 0 aliphatic heterocycles. The maximum Gasteiger partial charge on any atom is 0.250 e. The maximum atomic E-state index is 10.9. The van der Waals surface area contributed by atoms with Crippen LogP contribution in [-0.2, 0) is 16.0 Å². The molecule has 0 bridgehead atoms. The second-order valence-electron chi connectivity index (χ2n) is 3.10. The van der Waals surface area contributed by atoms with Gasteiger partial charge >= 0.3 is 0 Å². The first-order chi connectivity index (χ1) is 7.71. The van der Waals surface area contributed by atoms with Crippen molar-refractivity contribution in [3.05, 3.63) is 23.8 Å². The first-order valence-electron chi connectivity index (χ1n) is 4.72. The molecule has 0 fully saturated rings. The Kier molecular flexibility index (Phi) is 4.47. The zero-order valence-electron chi connectivity index (χ0n) is 8.90. The Labute approximate surface area is 93.0 Å². The van der Waals surface area contributed by atoms with Gasteiger partial charge in [0.25, 0.3) is 0 Å². The molecule has 5 heteroatoms. The van der Waals surface area contributed by atoms with Gasteiger partial charge in [-0.1, -0.05) is 6.07 Å². The minimum atomic E-state index is -0.571. The molecule has 0 aromatic heterocycles. The Morgan fingerprint density at radius 1 is 1.56 bits per heavy atom. The molecule has 1 aromatic rings. The first-order valence-corrected chi connectivity index (χ1v) is 4.72. The zero-order valence-corrected chi connectivity index (χ0v) is 8.90. The van der Waals surface area contributed by atoms with Gasteiger partial charge in [0, 0.05) is 23.7 Å². The van der Waals surface area contributed by atoms with E-state index in [1.807, 2.05) is 0 Å². The largest absolute Gasteiger partial charge is 0.496 e. The number of aliphatic hydroxyl groups is 1. The maximum absolute atomic E-state index is 10.9. The summed E-state index contributed by atoms with van der Waals surface area (Å²) in [4.78, 5) is 21.3. The zero-order chi connectivity index (χ0) is 12.0. The van der Waals surface area contributed by atoms with Gasteiger partial charge in [-0.3, -0.25) is 4.79 Å². The Morgan fingerprint density at radius 2 is 2.31 bits per heavy atom. The number of nitrogens with one attached hydrogen (secondary N) is 1. The molecule has 0 unspecified atom stereocenters. The van der Waals surface area contributed by atoms with Crippen molar-refractivity contribution in [1.82, 2.24) is 0 Å². The van der Waals surface area contributed by atoms with Crippen LogP contribution in [0.1, 0.15) is 5.56 Å². The van der Waals surface area contributed by atoms with Crippen molar-refractivity contribution in [3.63, 3.8) is 0 Å². The summed E-state index contributed by atoms with van der Waals surface area (Å²) >= 11 is 0. The lowest BCUT2D eigenvalue weighted by atomic mass is 10.1. The molecule has 1 rings (SSSR count). The number of rotatable bonds is 5. The number of carbonyl (C=O) groups is 2. The standard InChI is InChI=1S/C11H13NO4/c1-16-10-6-9(12-11(15)7-14)3-2-8(10)4-5-13/h2-3,5-6,14H,4,7H2,1H3,(H,12,15). The third-order valence-corrected chi connectivity index (χ3v) is 2.02. The van der Waals surface area contributed by atoms with Gasteiger partial charge in [0.05, 0.1) is 7.11 Å². The van der Waals surface area contributed by atoms with E-state index in [9.17, 15) is 9.59 Å². The van der Waals surface area contributed by atoms with Crippen LogP contribution in [0.3, 0.4) is 0 Å². The fourth-order valence-electron chi connectivity index (χ4n) is 1.28. The Hall–Kier alpha value is -1.88. The minimum Gasteiger partial charge on any atom is -0.496 e. The smallest absolute Gasteiger partial charge is 0.250 e. The molecule has 1 aromatic carbocycles. The molecule has 2 N–H and O–H groups in total. The monoisotopic (exact) mass is 223 g/mol. The average molecular weight is 223 g/mol. The highest BCUT2D eigenvalue weighted by Crippen LogP contribution is 2.23. The summed E-state index contributed by atoms with van der Waals surface area (Å²) in [6.07, 6.45) is 1.04. The number of benzene rings is 1. The van der Waals surface area contributed by atoms with Crippen LogP contribution in [0.5, 0.6) is 5.75 Å². The van der Waals surface area contributed by atoms with Gasteiger partial charge in [-0.2, -0.15) is 0 Å². The second kappa shape index (κ2) is 5.87. The summed E-state index contributed by atoms with van der Waals surface area (Å²) in [7, 11) is 1.49. The van der Waals surface area contributed by atoms with Gasteiger partial charge < -0.3 is 20.0 Å². The molecule has 0 heterocycles.